The first-order chi connectivity index (χ1) is 8.15. The number of hydrogen-bond donors (Lipinski definition) is 0. The van der Waals surface area contributed by atoms with Crippen LogP contribution in [0.3, 0.4) is 0 Å². The zero-order valence-corrected chi connectivity index (χ0v) is 10.9. The van der Waals surface area contributed by atoms with E-state index in [-0.39, 0.29) is 11.9 Å². The molecular formula is C15H22O2. The summed E-state index contributed by atoms with van der Waals surface area (Å²) in [5.74, 6) is 1.76. The number of carbonyl (C=O) groups is 1. The molecule has 2 nitrogen and oxygen atoms in total. The van der Waals surface area contributed by atoms with Gasteiger partial charge >= 0.3 is 5.97 Å². The molecule has 0 aromatic rings. The van der Waals surface area contributed by atoms with Crippen molar-refractivity contribution in [2.75, 3.05) is 0 Å². The van der Waals surface area contributed by atoms with Crippen molar-refractivity contribution in [3.05, 3.63) is 23.5 Å². The van der Waals surface area contributed by atoms with Gasteiger partial charge in [0.2, 0.25) is 0 Å². The summed E-state index contributed by atoms with van der Waals surface area (Å²) < 4.78 is 5.49. The van der Waals surface area contributed by atoms with Gasteiger partial charge in [0.1, 0.15) is 5.76 Å². The molecule has 2 aliphatic carbocycles. The minimum Gasteiger partial charge on any atom is -0.431 e. The molecule has 2 aliphatic rings. The summed E-state index contributed by atoms with van der Waals surface area (Å²) in [7, 11) is 0. The molecule has 0 amide bonds. The van der Waals surface area contributed by atoms with E-state index in [4.69, 9.17) is 4.74 Å². The molecule has 0 spiro atoms. The fourth-order valence-electron chi connectivity index (χ4n) is 2.52. The van der Waals surface area contributed by atoms with Crippen LogP contribution in [0.2, 0.25) is 0 Å². The second kappa shape index (κ2) is 5.52. The third-order valence-corrected chi connectivity index (χ3v) is 3.90. The third-order valence-electron chi connectivity index (χ3n) is 3.90. The van der Waals surface area contributed by atoms with Crippen LogP contribution in [0.5, 0.6) is 0 Å². The maximum Gasteiger partial charge on any atom is 0.314 e. The first kappa shape index (κ1) is 12.4. The number of rotatable bonds is 2. The van der Waals surface area contributed by atoms with E-state index in [1.54, 1.807) is 0 Å². The summed E-state index contributed by atoms with van der Waals surface area (Å²) in [4.78, 5) is 12.0. The minimum absolute atomic E-state index is 0.00361. The van der Waals surface area contributed by atoms with Gasteiger partial charge in [0.25, 0.3) is 0 Å². The van der Waals surface area contributed by atoms with Crippen LogP contribution in [-0.4, -0.2) is 5.97 Å². The monoisotopic (exact) mass is 234 g/mol. The molecule has 0 heterocycles. The lowest BCUT2D eigenvalue weighted by Gasteiger charge is -2.25. The van der Waals surface area contributed by atoms with Gasteiger partial charge in [-0.2, -0.15) is 0 Å². The Balaban J connectivity index is 1.85. The Kier molecular flexibility index (Phi) is 4.03. The Morgan fingerprint density at radius 2 is 1.88 bits per heavy atom. The summed E-state index contributed by atoms with van der Waals surface area (Å²) in [6.07, 6.45) is 10.2. The molecular weight excluding hydrogens is 212 g/mol. The summed E-state index contributed by atoms with van der Waals surface area (Å²) in [5, 5.41) is 0. The Hall–Kier alpha value is -1.05. The van der Waals surface area contributed by atoms with Crippen LogP contribution in [0, 0.1) is 11.8 Å². The molecule has 0 radical (unpaired) electrons. The highest BCUT2D eigenvalue weighted by molar-refractivity contribution is 5.73. The molecule has 0 unspecified atom stereocenters. The summed E-state index contributed by atoms with van der Waals surface area (Å²) >= 11 is 0. The SMILES string of the molecule is CC1=CC=C(OC(=O)C2CCC(C)CC2)CC1. The highest BCUT2D eigenvalue weighted by Crippen LogP contribution is 2.30. The zero-order valence-electron chi connectivity index (χ0n) is 10.9. The van der Waals surface area contributed by atoms with Crippen LogP contribution < -0.4 is 0 Å². The molecule has 17 heavy (non-hydrogen) atoms. The van der Waals surface area contributed by atoms with Gasteiger partial charge in [-0.3, -0.25) is 4.79 Å². The van der Waals surface area contributed by atoms with Crippen molar-refractivity contribution >= 4 is 5.97 Å². The fourth-order valence-corrected chi connectivity index (χ4v) is 2.52. The first-order valence-electron chi connectivity index (χ1n) is 6.73. The third kappa shape index (κ3) is 3.45. The maximum absolute atomic E-state index is 12.0. The van der Waals surface area contributed by atoms with E-state index in [0.717, 1.165) is 50.2 Å². The van der Waals surface area contributed by atoms with Gasteiger partial charge in [0, 0.05) is 6.42 Å². The van der Waals surface area contributed by atoms with Gasteiger partial charge < -0.3 is 4.74 Å². The predicted molar refractivity (Wildman–Crippen MR) is 68.3 cm³/mol. The van der Waals surface area contributed by atoms with E-state index in [1.165, 1.54) is 5.57 Å². The van der Waals surface area contributed by atoms with Gasteiger partial charge in [-0.1, -0.05) is 18.6 Å². The molecule has 2 heteroatoms. The average molecular weight is 234 g/mol. The molecule has 94 valence electrons. The molecule has 1 saturated carbocycles. The standard InChI is InChI=1S/C15H22O2/c1-11-3-7-13(8-4-11)15(16)17-14-9-5-12(2)6-10-14/h5,9,11,13H,3-4,6-8,10H2,1-2H3. The number of allylic oxidation sites excluding steroid dienone is 4. The minimum atomic E-state index is -0.00361. The van der Waals surface area contributed by atoms with Crippen molar-refractivity contribution in [2.24, 2.45) is 11.8 Å². The van der Waals surface area contributed by atoms with Crippen LogP contribution in [0.15, 0.2) is 23.5 Å². The predicted octanol–water partition coefficient (Wildman–Crippen LogP) is 3.98. The largest absolute Gasteiger partial charge is 0.431 e. The summed E-state index contributed by atoms with van der Waals surface area (Å²) in [6, 6.07) is 0. The quantitative estimate of drug-likeness (QED) is 0.675. The molecule has 1 fully saturated rings. The van der Waals surface area contributed by atoms with Crippen molar-refractivity contribution in [1.82, 2.24) is 0 Å². The van der Waals surface area contributed by atoms with Gasteiger partial charge in [-0.05, 0) is 51.0 Å². The van der Waals surface area contributed by atoms with Crippen LogP contribution in [-0.2, 0) is 9.53 Å². The molecule has 0 saturated heterocycles. The Morgan fingerprint density at radius 1 is 1.18 bits per heavy atom. The lowest BCUT2D eigenvalue weighted by atomic mass is 9.83. The smallest absolute Gasteiger partial charge is 0.314 e. The van der Waals surface area contributed by atoms with Gasteiger partial charge in [-0.25, -0.2) is 0 Å². The second-order valence-electron chi connectivity index (χ2n) is 5.52. The molecule has 0 N–H and O–H groups in total. The van der Waals surface area contributed by atoms with E-state index < -0.39 is 0 Å². The van der Waals surface area contributed by atoms with E-state index in [0.29, 0.717) is 0 Å². The van der Waals surface area contributed by atoms with Gasteiger partial charge in [-0.15, -0.1) is 0 Å². The molecule has 0 aliphatic heterocycles. The number of esters is 1. The molecule has 2 rings (SSSR count). The molecule has 0 aromatic carbocycles. The molecule has 0 bridgehead atoms. The normalized spacial score (nSPS) is 29.3. The van der Waals surface area contributed by atoms with Crippen molar-refractivity contribution in [2.45, 2.75) is 52.4 Å². The van der Waals surface area contributed by atoms with Crippen molar-refractivity contribution in [3.8, 4) is 0 Å². The van der Waals surface area contributed by atoms with Crippen LogP contribution in [0.1, 0.15) is 52.4 Å². The number of hydrogen-bond acceptors (Lipinski definition) is 2. The summed E-state index contributed by atoms with van der Waals surface area (Å²) in [6.45, 7) is 4.37. The Bertz CT molecular complexity index is 344. The van der Waals surface area contributed by atoms with Gasteiger partial charge in [0.05, 0.1) is 5.92 Å². The topological polar surface area (TPSA) is 26.3 Å². The van der Waals surface area contributed by atoms with Gasteiger partial charge in [0.15, 0.2) is 0 Å². The molecule has 0 atom stereocenters. The lowest BCUT2D eigenvalue weighted by Crippen LogP contribution is -2.23. The maximum atomic E-state index is 12.0. The second-order valence-corrected chi connectivity index (χ2v) is 5.52. The van der Waals surface area contributed by atoms with E-state index >= 15 is 0 Å². The van der Waals surface area contributed by atoms with Crippen LogP contribution in [0.4, 0.5) is 0 Å². The summed E-state index contributed by atoms with van der Waals surface area (Å²) in [5.41, 5.74) is 1.36. The highest BCUT2D eigenvalue weighted by Gasteiger charge is 2.26. The van der Waals surface area contributed by atoms with Crippen molar-refractivity contribution in [3.63, 3.8) is 0 Å². The Morgan fingerprint density at radius 3 is 2.47 bits per heavy atom. The van der Waals surface area contributed by atoms with E-state index in [9.17, 15) is 4.79 Å². The fraction of sp³-hybridized carbons (Fsp3) is 0.667. The average Bonchev–Trinajstić information content (AvgIpc) is 2.33. The van der Waals surface area contributed by atoms with Crippen LogP contribution >= 0.6 is 0 Å². The van der Waals surface area contributed by atoms with Crippen LogP contribution in [0.25, 0.3) is 0 Å². The first-order valence-corrected chi connectivity index (χ1v) is 6.73. The number of carbonyl (C=O) groups excluding carboxylic acids is 1. The highest BCUT2D eigenvalue weighted by atomic mass is 16.5. The van der Waals surface area contributed by atoms with E-state index in [2.05, 4.69) is 19.9 Å². The lowest BCUT2D eigenvalue weighted by molar-refractivity contribution is -0.145. The van der Waals surface area contributed by atoms with Crippen molar-refractivity contribution in [1.29, 1.82) is 0 Å². The van der Waals surface area contributed by atoms with Crippen molar-refractivity contribution < 1.29 is 9.53 Å². The zero-order chi connectivity index (χ0) is 12.3. The Labute approximate surface area is 104 Å². The van der Waals surface area contributed by atoms with E-state index in [1.807, 2.05) is 6.08 Å². The number of ether oxygens (including phenoxy) is 1. The molecule has 0 aromatic heterocycles.